The van der Waals surface area contributed by atoms with Crippen LogP contribution in [0.25, 0.3) is 0 Å². The number of benzene rings is 3. The summed E-state index contributed by atoms with van der Waals surface area (Å²) >= 11 is 0. The summed E-state index contributed by atoms with van der Waals surface area (Å²) in [6.45, 7) is 6.03. The summed E-state index contributed by atoms with van der Waals surface area (Å²) in [5.74, 6) is -0.128. The quantitative estimate of drug-likeness (QED) is 0.483. The average Bonchev–Trinajstić information content (AvgIpc) is 2.77. The van der Waals surface area contributed by atoms with Crippen LogP contribution in [0.3, 0.4) is 0 Å². The van der Waals surface area contributed by atoms with Crippen LogP contribution in [-0.4, -0.2) is 26.6 Å². The fourth-order valence-corrected chi connectivity index (χ4v) is 4.90. The Labute approximate surface area is 197 Å². The fourth-order valence-electron chi connectivity index (χ4n) is 3.90. The average molecular weight is 465 g/mol. The monoisotopic (exact) mass is 464 g/mol. The number of aryl methyl sites for hydroxylation is 3. The van der Waals surface area contributed by atoms with Crippen LogP contribution in [0.15, 0.2) is 72.8 Å². The molecule has 1 amide bonds. The van der Waals surface area contributed by atoms with Crippen LogP contribution in [0.5, 0.6) is 0 Å². The van der Waals surface area contributed by atoms with Gasteiger partial charge in [-0.1, -0.05) is 60.7 Å². The molecule has 33 heavy (non-hydrogen) atoms. The Kier molecular flexibility index (Phi) is 7.92. The Morgan fingerprint density at radius 1 is 0.879 bits per heavy atom. The highest BCUT2D eigenvalue weighted by molar-refractivity contribution is 7.92. The zero-order chi connectivity index (χ0) is 24.0. The van der Waals surface area contributed by atoms with E-state index in [1.54, 1.807) is 12.1 Å². The van der Waals surface area contributed by atoms with Gasteiger partial charge < -0.3 is 5.32 Å². The van der Waals surface area contributed by atoms with Crippen molar-refractivity contribution in [2.24, 2.45) is 0 Å². The first kappa shape index (κ1) is 24.5. The molecular weight excluding hydrogens is 432 g/mol. The number of amides is 1. The molecule has 1 N–H and O–H groups in total. The lowest BCUT2D eigenvalue weighted by Gasteiger charge is -2.26. The van der Waals surface area contributed by atoms with Crippen LogP contribution < -0.4 is 9.62 Å². The first-order chi connectivity index (χ1) is 15.6. The summed E-state index contributed by atoms with van der Waals surface area (Å²) in [4.78, 5) is 12.7. The first-order valence-electron chi connectivity index (χ1n) is 11.1. The van der Waals surface area contributed by atoms with Crippen LogP contribution in [0.4, 0.5) is 5.69 Å². The van der Waals surface area contributed by atoms with Crippen molar-refractivity contribution in [3.8, 4) is 0 Å². The number of carbonyl (C=O) groups is 1. The lowest BCUT2D eigenvalue weighted by molar-refractivity contribution is 0.0938. The normalized spacial score (nSPS) is 12.2. The van der Waals surface area contributed by atoms with E-state index in [1.165, 1.54) is 16.1 Å². The molecule has 0 aliphatic heterocycles. The number of hydrogen-bond acceptors (Lipinski definition) is 3. The second kappa shape index (κ2) is 10.7. The molecule has 0 saturated heterocycles. The standard InChI is InChI=1S/C27H32N2O3S/c1-20-9-8-10-21(2)26(20)29(33(4,31)32)19-24-15-17-25(18-16-24)27(30)28-22(3)13-14-23-11-6-5-7-12-23/h5-12,15-18,22H,13-14,19H2,1-4H3,(H,28,30). The zero-order valence-corrected chi connectivity index (χ0v) is 20.5. The summed E-state index contributed by atoms with van der Waals surface area (Å²) in [6, 6.07) is 23.1. The Morgan fingerprint density at radius 2 is 1.48 bits per heavy atom. The molecule has 0 bridgehead atoms. The van der Waals surface area contributed by atoms with Crippen molar-refractivity contribution in [2.45, 2.75) is 46.2 Å². The van der Waals surface area contributed by atoms with Gasteiger partial charge in [0.2, 0.25) is 10.0 Å². The van der Waals surface area contributed by atoms with Crippen molar-refractivity contribution in [1.82, 2.24) is 5.32 Å². The number of carbonyl (C=O) groups excluding carboxylic acids is 1. The third-order valence-electron chi connectivity index (χ3n) is 5.72. The first-order valence-corrected chi connectivity index (χ1v) is 13.0. The van der Waals surface area contributed by atoms with Crippen molar-refractivity contribution in [1.29, 1.82) is 0 Å². The molecule has 0 spiro atoms. The predicted octanol–water partition coefficient (Wildman–Crippen LogP) is 5.02. The molecule has 1 atom stereocenters. The minimum absolute atomic E-state index is 0.0436. The van der Waals surface area contributed by atoms with Gasteiger partial charge in [-0.05, 0) is 68.0 Å². The summed E-state index contributed by atoms with van der Waals surface area (Å²) in [5, 5.41) is 3.05. The van der Waals surface area contributed by atoms with E-state index < -0.39 is 10.0 Å². The van der Waals surface area contributed by atoms with Gasteiger partial charge in [-0.3, -0.25) is 9.10 Å². The van der Waals surface area contributed by atoms with E-state index in [1.807, 2.05) is 69.3 Å². The maximum atomic E-state index is 12.7. The highest BCUT2D eigenvalue weighted by Crippen LogP contribution is 2.28. The van der Waals surface area contributed by atoms with E-state index in [0.29, 0.717) is 11.3 Å². The van der Waals surface area contributed by atoms with Crippen molar-refractivity contribution < 1.29 is 13.2 Å². The summed E-state index contributed by atoms with van der Waals surface area (Å²) < 4.78 is 26.6. The van der Waals surface area contributed by atoms with E-state index in [0.717, 1.165) is 29.5 Å². The van der Waals surface area contributed by atoms with E-state index in [-0.39, 0.29) is 18.5 Å². The van der Waals surface area contributed by atoms with E-state index in [4.69, 9.17) is 0 Å². The number of hydrogen-bond donors (Lipinski definition) is 1. The maximum Gasteiger partial charge on any atom is 0.251 e. The van der Waals surface area contributed by atoms with Crippen molar-refractivity contribution >= 4 is 21.6 Å². The molecule has 174 valence electrons. The molecule has 0 aliphatic carbocycles. The van der Waals surface area contributed by atoms with E-state index in [2.05, 4.69) is 17.4 Å². The second-order valence-corrected chi connectivity index (χ2v) is 10.5. The number of rotatable bonds is 9. The van der Waals surface area contributed by atoms with Gasteiger partial charge in [0.15, 0.2) is 0 Å². The van der Waals surface area contributed by atoms with Gasteiger partial charge >= 0.3 is 0 Å². The largest absolute Gasteiger partial charge is 0.350 e. The third-order valence-corrected chi connectivity index (χ3v) is 6.83. The summed E-state index contributed by atoms with van der Waals surface area (Å²) in [7, 11) is -3.48. The van der Waals surface area contributed by atoms with Crippen molar-refractivity contribution in [3.63, 3.8) is 0 Å². The number of para-hydroxylation sites is 1. The molecule has 0 saturated carbocycles. The van der Waals surface area contributed by atoms with Crippen molar-refractivity contribution in [3.05, 3.63) is 101 Å². The number of nitrogens with one attached hydrogen (secondary N) is 1. The SMILES string of the molecule is Cc1cccc(C)c1N(Cc1ccc(C(=O)NC(C)CCc2ccccc2)cc1)S(C)(=O)=O. The number of anilines is 1. The lowest BCUT2D eigenvalue weighted by atomic mass is 10.1. The molecule has 0 aliphatic rings. The molecule has 3 aromatic carbocycles. The van der Waals surface area contributed by atoms with Gasteiger partial charge in [0, 0.05) is 11.6 Å². The van der Waals surface area contributed by atoms with Gasteiger partial charge in [0.1, 0.15) is 0 Å². The smallest absolute Gasteiger partial charge is 0.251 e. The Bertz CT molecular complexity index is 1170. The van der Waals surface area contributed by atoms with Gasteiger partial charge in [-0.15, -0.1) is 0 Å². The van der Waals surface area contributed by atoms with Gasteiger partial charge in [0.05, 0.1) is 18.5 Å². The van der Waals surface area contributed by atoms with Gasteiger partial charge in [-0.25, -0.2) is 8.42 Å². The molecule has 0 heterocycles. The van der Waals surface area contributed by atoms with Crippen LogP contribution in [-0.2, 0) is 23.0 Å². The van der Waals surface area contributed by atoms with Crippen LogP contribution >= 0.6 is 0 Å². The zero-order valence-electron chi connectivity index (χ0n) is 19.7. The fraction of sp³-hybridized carbons (Fsp3) is 0.296. The lowest BCUT2D eigenvalue weighted by Crippen LogP contribution is -2.33. The molecule has 0 fully saturated rings. The molecule has 3 rings (SSSR count). The van der Waals surface area contributed by atoms with Crippen molar-refractivity contribution in [2.75, 3.05) is 10.6 Å². The molecule has 3 aromatic rings. The van der Waals surface area contributed by atoms with Crippen LogP contribution in [0.1, 0.15) is 46.0 Å². The molecule has 5 nitrogen and oxygen atoms in total. The second-order valence-electron chi connectivity index (χ2n) is 8.61. The molecule has 6 heteroatoms. The molecule has 0 radical (unpaired) electrons. The predicted molar refractivity (Wildman–Crippen MR) is 135 cm³/mol. The third kappa shape index (κ3) is 6.68. The molecule has 1 unspecified atom stereocenters. The Morgan fingerprint density at radius 3 is 2.06 bits per heavy atom. The van der Waals surface area contributed by atoms with E-state index >= 15 is 0 Å². The minimum Gasteiger partial charge on any atom is -0.350 e. The van der Waals surface area contributed by atoms with Crippen LogP contribution in [0, 0.1) is 13.8 Å². The summed E-state index contributed by atoms with van der Waals surface area (Å²) in [5.41, 5.74) is 5.14. The molecule has 0 aromatic heterocycles. The highest BCUT2D eigenvalue weighted by Gasteiger charge is 2.21. The molecular formula is C27H32N2O3S. The Balaban J connectivity index is 1.66. The minimum atomic E-state index is -3.48. The number of sulfonamides is 1. The van der Waals surface area contributed by atoms with Gasteiger partial charge in [0.25, 0.3) is 5.91 Å². The maximum absolute atomic E-state index is 12.7. The topological polar surface area (TPSA) is 66.5 Å². The number of nitrogens with zero attached hydrogens (tertiary/aromatic N) is 1. The van der Waals surface area contributed by atoms with E-state index in [9.17, 15) is 13.2 Å². The van der Waals surface area contributed by atoms with Gasteiger partial charge in [-0.2, -0.15) is 0 Å². The highest BCUT2D eigenvalue weighted by atomic mass is 32.2. The Hall–Kier alpha value is -3.12. The van der Waals surface area contributed by atoms with Crippen LogP contribution in [0.2, 0.25) is 0 Å². The summed E-state index contributed by atoms with van der Waals surface area (Å²) in [6.07, 6.45) is 2.98.